The second-order valence-electron chi connectivity index (χ2n) is 15.7. The summed E-state index contributed by atoms with van der Waals surface area (Å²) in [7, 11) is 0. The largest absolute Gasteiger partial charge is 0.305 e. The maximum absolute atomic E-state index is 5.11. The summed E-state index contributed by atoms with van der Waals surface area (Å²) in [6.45, 7) is 8.89. The third kappa shape index (κ3) is 8.95. The zero-order chi connectivity index (χ0) is 39.6. The molecule has 0 atom stereocenters. The molecule has 0 fully saturated rings. The monoisotopic (exact) mass is 1130 g/mol. The van der Waals surface area contributed by atoms with Crippen molar-refractivity contribution >= 4 is 10.9 Å². The van der Waals surface area contributed by atoms with Gasteiger partial charge in [0.25, 0.3) is 0 Å². The van der Waals surface area contributed by atoms with Crippen LogP contribution in [-0.4, -0.2) is 9.97 Å². The fraction of sp³-hybridized carbons (Fsp3) is 0.107. The minimum atomic E-state index is 0. The molecular formula is C56H44Ir2N2-2. The van der Waals surface area contributed by atoms with Crippen molar-refractivity contribution in [1.29, 1.82) is 0 Å². The van der Waals surface area contributed by atoms with Gasteiger partial charge in [0.15, 0.2) is 0 Å². The Morgan fingerprint density at radius 1 is 0.483 bits per heavy atom. The van der Waals surface area contributed by atoms with E-state index >= 15 is 0 Å². The molecule has 0 N–H and O–H groups in total. The third-order valence-electron chi connectivity index (χ3n) is 10.9. The van der Waals surface area contributed by atoms with E-state index in [4.69, 9.17) is 9.97 Å². The molecular weight excluding hydrogens is 1090 g/mol. The number of rotatable bonds is 9. The number of aryl methyl sites for hydroxylation is 2. The van der Waals surface area contributed by atoms with Gasteiger partial charge in [-0.3, -0.25) is 4.98 Å². The summed E-state index contributed by atoms with van der Waals surface area (Å²) in [5.74, 6) is 0.583. The van der Waals surface area contributed by atoms with Crippen molar-refractivity contribution in [2.24, 2.45) is 5.92 Å². The zero-order valence-electron chi connectivity index (χ0n) is 34.1. The number of fused-ring (bicyclic) bond motifs is 1. The predicted molar refractivity (Wildman–Crippen MR) is 243 cm³/mol. The predicted octanol–water partition coefficient (Wildman–Crippen LogP) is 14.7. The molecule has 0 aliphatic rings. The summed E-state index contributed by atoms with van der Waals surface area (Å²) in [6.07, 6.45) is 2.88. The standard InChI is InChI=1S/C56H44N2.2Ir/c1-37(2)31-44-17-11-21-55-48(44)28-29-54(58-55)42-24-22-41(23-25-42)49-18-12-19-51(56(49)47-33-38(3)32-39(4)34-47)50-27-26-46(53-20-8-9-30-57-53)36-52(50)45-16-10-15-43(35-45)40-13-6-5-7-14-40;;/h5-24,27-30,32-37H,31H2,1-4H3;;/q-2;;. The maximum Gasteiger partial charge on any atom is 0.0598 e. The van der Waals surface area contributed by atoms with Crippen molar-refractivity contribution in [1.82, 2.24) is 9.97 Å². The van der Waals surface area contributed by atoms with Crippen molar-refractivity contribution in [3.05, 3.63) is 205 Å². The van der Waals surface area contributed by atoms with Crippen LogP contribution in [0.2, 0.25) is 0 Å². The van der Waals surface area contributed by atoms with E-state index in [2.05, 4.69) is 198 Å². The van der Waals surface area contributed by atoms with Crippen LogP contribution in [0.15, 0.2) is 176 Å². The summed E-state index contributed by atoms with van der Waals surface area (Å²) >= 11 is 0. The van der Waals surface area contributed by atoms with Crippen molar-refractivity contribution in [3.63, 3.8) is 0 Å². The van der Waals surface area contributed by atoms with Gasteiger partial charge in [0.1, 0.15) is 0 Å². The van der Waals surface area contributed by atoms with Crippen LogP contribution in [0, 0.1) is 31.9 Å². The molecule has 298 valence electrons. The van der Waals surface area contributed by atoms with Crippen molar-refractivity contribution < 1.29 is 40.2 Å². The number of nitrogens with zero attached hydrogens (tertiary/aromatic N) is 2. The third-order valence-corrected chi connectivity index (χ3v) is 10.9. The Morgan fingerprint density at radius 2 is 1.20 bits per heavy atom. The van der Waals surface area contributed by atoms with E-state index < -0.39 is 0 Å². The van der Waals surface area contributed by atoms with Crippen LogP contribution >= 0.6 is 0 Å². The molecule has 60 heavy (non-hydrogen) atoms. The number of pyridine rings is 2. The minimum absolute atomic E-state index is 0. The van der Waals surface area contributed by atoms with Gasteiger partial charge in [-0.05, 0) is 89.2 Å². The van der Waals surface area contributed by atoms with Crippen LogP contribution in [0.4, 0.5) is 0 Å². The Labute approximate surface area is 381 Å². The maximum atomic E-state index is 5.11. The molecule has 0 unspecified atom stereocenters. The van der Waals surface area contributed by atoms with E-state index in [1.165, 1.54) is 44.3 Å². The molecule has 0 amide bonds. The van der Waals surface area contributed by atoms with E-state index in [0.29, 0.717) is 5.92 Å². The van der Waals surface area contributed by atoms with Gasteiger partial charge in [-0.2, -0.15) is 0 Å². The first-order valence-electron chi connectivity index (χ1n) is 20.1. The van der Waals surface area contributed by atoms with Gasteiger partial charge >= 0.3 is 0 Å². The summed E-state index contributed by atoms with van der Waals surface area (Å²) in [5.41, 5.74) is 20.0. The molecule has 0 saturated carbocycles. The Kier molecular flexibility index (Phi) is 13.3. The fourth-order valence-electron chi connectivity index (χ4n) is 8.31. The second-order valence-corrected chi connectivity index (χ2v) is 15.7. The Hall–Kier alpha value is -5.60. The van der Waals surface area contributed by atoms with Crippen LogP contribution in [-0.2, 0) is 46.6 Å². The molecule has 2 nitrogen and oxygen atoms in total. The molecule has 0 bridgehead atoms. The zero-order valence-corrected chi connectivity index (χ0v) is 38.9. The summed E-state index contributed by atoms with van der Waals surface area (Å²) in [5, 5.41) is 1.22. The summed E-state index contributed by atoms with van der Waals surface area (Å²) < 4.78 is 0. The minimum Gasteiger partial charge on any atom is -0.305 e. The molecule has 2 aromatic heterocycles. The quantitative estimate of drug-likeness (QED) is 0.135. The van der Waals surface area contributed by atoms with E-state index in [9.17, 15) is 0 Å². The molecule has 7 aromatic carbocycles. The van der Waals surface area contributed by atoms with Crippen LogP contribution in [0.5, 0.6) is 0 Å². The second kappa shape index (κ2) is 18.8. The molecule has 0 aliphatic heterocycles. The van der Waals surface area contributed by atoms with Gasteiger partial charge in [0, 0.05) is 51.8 Å². The number of aromatic nitrogens is 2. The average Bonchev–Trinajstić information content (AvgIpc) is 3.26. The first-order chi connectivity index (χ1) is 28.4. The van der Waals surface area contributed by atoms with Gasteiger partial charge in [-0.25, -0.2) is 0 Å². The molecule has 2 radical (unpaired) electrons. The molecule has 4 heteroatoms. The normalized spacial score (nSPS) is 10.9. The molecule has 2 heterocycles. The van der Waals surface area contributed by atoms with Gasteiger partial charge < -0.3 is 4.98 Å². The molecule has 0 saturated heterocycles. The average molecular weight is 1130 g/mol. The number of benzene rings is 7. The topological polar surface area (TPSA) is 25.8 Å². The summed E-state index contributed by atoms with van der Waals surface area (Å²) in [4.78, 5) is 9.82. The van der Waals surface area contributed by atoms with Crippen molar-refractivity contribution in [3.8, 4) is 78.1 Å². The Balaban J connectivity index is 0.00000272. The first-order valence-corrected chi connectivity index (χ1v) is 20.1. The van der Waals surface area contributed by atoms with E-state index in [-0.39, 0.29) is 40.2 Å². The van der Waals surface area contributed by atoms with Gasteiger partial charge in [0.05, 0.1) is 5.52 Å². The Bertz CT molecular complexity index is 2880. The SMILES string of the molecule is Cc1cc(C)cc(-c2c(-c3c[c-]c(-c4ccc5c(CC(C)C)cccc5n4)cc3)cccc2-c2c[c-]c(-c3ccccn3)cc2-c2cccc(-c3ccccc3)c2)c1.[Ir].[Ir]. The van der Waals surface area contributed by atoms with Crippen LogP contribution in [0.3, 0.4) is 0 Å². The van der Waals surface area contributed by atoms with Gasteiger partial charge in [-0.1, -0.05) is 174 Å². The van der Waals surface area contributed by atoms with Crippen LogP contribution in [0.25, 0.3) is 89.1 Å². The van der Waals surface area contributed by atoms with Gasteiger partial charge in [-0.15, -0.1) is 53.6 Å². The molecule has 9 rings (SSSR count). The van der Waals surface area contributed by atoms with Gasteiger partial charge in [0.2, 0.25) is 0 Å². The van der Waals surface area contributed by atoms with Crippen molar-refractivity contribution in [2.75, 3.05) is 0 Å². The molecule has 9 aromatic rings. The van der Waals surface area contributed by atoms with Crippen LogP contribution in [0.1, 0.15) is 30.5 Å². The summed E-state index contributed by atoms with van der Waals surface area (Å²) in [6, 6.07) is 68.1. The van der Waals surface area contributed by atoms with Crippen LogP contribution < -0.4 is 0 Å². The smallest absolute Gasteiger partial charge is 0.0598 e. The number of hydrogen-bond acceptors (Lipinski definition) is 2. The molecule has 0 spiro atoms. The van der Waals surface area contributed by atoms with E-state index in [0.717, 1.165) is 67.8 Å². The Morgan fingerprint density at radius 3 is 1.95 bits per heavy atom. The first kappa shape index (κ1) is 42.5. The van der Waals surface area contributed by atoms with E-state index in [1.54, 1.807) is 0 Å². The van der Waals surface area contributed by atoms with E-state index in [1.807, 2.05) is 18.3 Å². The number of hydrogen-bond donors (Lipinski definition) is 0. The fourth-order valence-corrected chi connectivity index (χ4v) is 8.31. The van der Waals surface area contributed by atoms with Crippen molar-refractivity contribution in [2.45, 2.75) is 34.1 Å². The molecule has 0 aliphatic carbocycles.